The van der Waals surface area contributed by atoms with Crippen LogP contribution in [-0.4, -0.2) is 16.5 Å². The van der Waals surface area contributed by atoms with Gasteiger partial charge in [0.05, 0.1) is 0 Å². The largest absolute Gasteiger partial charge is 0.385 e. The molecule has 3 nitrogen and oxygen atoms in total. The van der Waals surface area contributed by atoms with Gasteiger partial charge < -0.3 is 10.8 Å². The van der Waals surface area contributed by atoms with E-state index in [9.17, 15) is 5.11 Å². The summed E-state index contributed by atoms with van der Waals surface area (Å²) in [5.74, 6) is -0.201. The van der Waals surface area contributed by atoms with Gasteiger partial charge in [-0.05, 0) is 6.08 Å². The van der Waals surface area contributed by atoms with E-state index in [-0.39, 0.29) is 5.84 Å². The Morgan fingerprint density at radius 3 is 2.60 bits per heavy atom. The van der Waals surface area contributed by atoms with Gasteiger partial charge in [-0.15, -0.1) is 0 Å². The molecule has 0 fully saturated rings. The van der Waals surface area contributed by atoms with Gasteiger partial charge in [-0.25, -0.2) is 0 Å². The molecule has 3 heteroatoms. The van der Waals surface area contributed by atoms with Crippen molar-refractivity contribution in [2.75, 3.05) is 0 Å². The molecule has 54 valence electrons. The molecule has 1 atom stereocenters. The van der Waals surface area contributed by atoms with Crippen LogP contribution < -0.4 is 5.73 Å². The van der Waals surface area contributed by atoms with E-state index in [0.29, 0.717) is 6.42 Å². The van der Waals surface area contributed by atoms with Gasteiger partial charge >= 0.3 is 0 Å². The monoisotopic (exact) mass is 138 g/mol. The zero-order chi connectivity index (χ0) is 7.61. The number of hydrogen-bond donors (Lipinski definition) is 3. The Morgan fingerprint density at radius 1 is 1.60 bits per heavy atom. The predicted octanol–water partition coefficient (Wildman–Crippen LogP) is 0.170. The van der Waals surface area contributed by atoms with Crippen LogP contribution in [-0.2, 0) is 0 Å². The number of rotatable bonds is 1. The van der Waals surface area contributed by atoms with Crippen molar-refractivity contribution < 1.29 is 5.11 Å². The summed E-state index contributed by atoms with van der Waals surface area (Å²) in [7, 11) is 0. The highest BCUT2D eigenvalue weighted by Gasteiger charge is 2.26. The van der Waals surface area contributed by atoms with Gasteiger partial charge in [0.1, 0.15) is 11.4 Å². The first-order chi connectivity index (χ1) is 4.65. The molecule has 0 spiro atoms. The number of nitrogens with one attached hydrogen (secondary N) is 1. The third-order valence-electron chi connectivity index (χ3n) is 1.51. The van der Waals surface area contributed by atoms with Crippen molar-refractivity contribution >= 4 is 5.84 Å². The van der Waals surface area contributed by atoms with Crippen molar-refractivity contribution in [3.05, 3.63) is 24.3 Å². The normalized spacial score (nSPS) is 30.5. The molecule has 0 aromatic rings. The Morgan fingerprint density at radius 2 is 2.30 bits per heavy atom. The van der Waals surface area contributed by atoms with Gasteiger partial charge in [0.25, 0.3) is 0 Å². The molecule has 1 aliphatic carbocycles. The Kier molecular flexibility index (Phi) is 1.59. The van der Waals surface area contributed by atoms with E-state index in [4.69, 9.17) is 11.1 Å². The first-order valence-corrected chi connectivity index (χ1v) is 3.06. The predicted molar refractivity (Wildman–Crippen MR) is 39.8 cm³/mol. The second-order valence-electron chi connectivity index (χ2n) is 2.33. The Labute approximate surface area is 59.4 Å². The molecular formula is C7H10N2O. The van der Waals surface area contributed by atoms with Crippen molar-refractivity contribution in [3.63, 3.8) is 0 Å². The summed E-state index contributed by atoms with van der Waals surface area (Å²) >= 11 is 0. The van der Waals surface area contributed by atoms with Gasteiger partial charge in [-0.2, -0.15) is 0 Å². The van der Waals surface area contributed by atoms with E-state index in [1.165, 1.54) is 6.08 Å². The molecule has 0 saturated carbocycles. The van der Waals surface area contributed by atoms with E-state index in [2.05, 4.69) is 0 Å². The van der Waals surface area contributed by atoms with E-state index in [1.54, 1.807) is 12.2 Å². The first-order valence-electron chi connectivity index (χ1n) is 3.06. The van der Waals surface area contributed by atoms with Crippen LogP contribution in [0, 0.1) is 5.41 Å². The highest BCUT2D eigenvalue weighted by atomic mass is 16.3. The van der Waals surface area contributed by atoms with Gasteiger partial charge in [0, 0.05) is 6.42 Å². The third-order valence-corrected chi connectivity index (χ3v) is 1.51. The van der Waals surface area contributed by atoms with Gasteiger partial charge in [-0.1, -0.05) is 18.2 Å². The van der Waals surface area contributed by atoms with Crippen LogP contribution in [0.3, 0.4) is 0 Å². The molecule has 0 aliphatic heterocycles. The van der Waals surface area contributed by atoms with Crippen LogP contribution >= 0.6 is 0 Å². The molecule has 4 N–H and O–H groups in total. The van der Waals surface area contributed by atoms with Gasteiger partial charge in [0.15, 0.2) is 0 Å². The van der Waals surface area contributed by atoms with Crippen LogP contribution in [0.15, 0.2) is 24.3 Å². The fourth-order valence-corrected chi connectivity index (χ4v) is 0.809. The summed E-state index contributed by atoms with van der Waals surface area (Å²) in [6.07, 6.45) is 7.21. The number of nitrogens with two attached hydrogens (primary N) is 1. The summed E-state index contributed by atoms with van der Waals surface area (Å²) in [6.45, 7) is 0. The molecule has 0 amide bonds. The Balaban J connectivity index is 2.80. The van der Waals surface area contributed by atoms with Crippen molar-refractivity contribution in [1.82, 2.24) is 0 Å². The summed E-state index contributed by atoms with van der Waals surface area (Å²) < 4.78 is 0. The van der Waals surface area contributed by atoms with Crippen LogP contribution in [0.1, 0.15) is 6.42 Å². The summed E-state index contributed by atoms with van der Waals surface area (Å²) in [6, 6.07) is 0. The average molecular weight is 138 g/mol. The zero-order valence-electron chi connectivity index (χ0n) is 5.54. The summed E-state index contributed by atoms with van der Waals surface area (Å²) in [5, 5.41) is 16.5. The molecule has 0 saturated heterocycles. The third kappa shape index (κ3) is 1.09. The smallest absolute Gasteiger partial charge is 0.143 e. The summed E-state index contributed by atoms with van der Waals surface area (Å²) in [4.78, 5) is 0. The molecule has 0 heterocycles. The molecule has 1 rings (SSSR count). The van der Waals surface area contributed by atoms with Crippen LogP contribution in [0.4, 0.5) is 0 Å². The standard InChI is InChI=1S/C7H10N2O/c8-6(9)7(10)4-2-1-3-5-7/h1-4,10H,5H2,(H3,8,9). The summed E-state index contributed by atoms with van der Waals surface area (Å²) in [5.41, 5.74) is 3.92. The minimum Gasteiger partial charge on any atom is -0.385 e. The lowest BCUT2D eigenvalue weighted by molar-refractivity contribution is 0.163. The lowest BCUT2D eigenvalue weighted by Crippen LogP contribution is -2.41. The maximum absolute atomic E-state index is 9.46. The Hall–Kier alpha value is -1.09. The number of amidine groups is 1. The first kappa shape index (κ1) is 7.02. The number of allylic oxidation sites excluding steroid dienone is 2. The van der Waals surface area contributed by atoms with E-state index < -0.39 is 5.60 Å². The van der Waals surface area contributed by atoms with Crippen molar-refractivity contribution in [2.45, 2.75) is 12.0 Å². The topological polar surface area (TPSA) is 70.1 Å². The molecule has 0 bridgehead atoms. The quantitative estimate of drug-likeness (QED) is 0.357. The number of aliphatic hydroxyl groups is 1. The molecule has 1 unspecified atom stereocenters. The van der Waals surface area contributed by atoms with Gasteiger partial charge in [0.2, 0.25) is 0 Å². The van der Waals surface area contributed by atoms with E-state index >= 15 is 0 Å². The maximum Gasteiger partial charge on any atom is 0.143 e. The van der Waals surface area contributed by atoms with Crippen molar-refractivity contribution in [1.29, 1.82) is 5.41 Å². The van der Waals surface area contributed by atoms with Crippen molar-refractivity contribution in [3.8, 4) is 0 Å². The lowest BCUT2D eigenvalue weighted by Gasteiger charge is -2.22. The van der Waals surface area contributed by atoms with E-state index in [0.717, 1.165) is 0 Å². The van der Waals surface area contributed by atoms with Crippen LogP contribution in [0.5, 0.6) is 0 Å². The highest BCUT2D eigenvalue weighted by Crippen LogP contribution is 2.16. The fraction of sp³-hybridized carbons (Fsp3) is 0.286. The zero-order valence-corrected chi connectivity index (χ0v) is 5.54. The molecule has 0 radical (unpaired) electrons. The molecule has 10 heavy (non-hydrogen) atoms. The average Bonchev–Trinajstić information content (AvgIpc) is 1.89. The minimum atomic E-state index is -1.23. The van der Waals surface area contributed by atoms with E-state index in [1.807, 2.05) is 6.08 Å². The second kappa shape index (κ2) is 2.27. The number of hydrogen-bond acceptors (Lipinski definition) is 2. The Bertz CT molecular complexity index is 208. The second-order valence-corrected chi connectivity index (χ2v) is 2.33. The highest BCUT2D eigenvalue weighted by molar-refractivity contribution is 5.88. The SMILES string of the molecule is N=C(N)C1(O)C=CC=CC1. The van der Waals surface area contributed by atoms with Crippen molar-refractivity contribution in [2.24, 2.45) is 5.73 Å². The molecular weight excluding hydrogens is 128 g/mol. The lowest BCUT2D eigenvalue weighted by atomic mass is 9.94. The van der Waals surface area contributed by atoms with Gasteiger partial charge in [-0.3, -0.25) is 5.41 Å². The van der Waals surface area contributed by atoms with Crippen LogP contribution in [0.25, 0.3) is 0 Å². The van der Waals surface area contributed by atoms with Crippen LogP contribution in [0.2, 0.25) is 0 Å². The molecule has 0 aromatic carbocycles. The molecule has 0 aromatic heterocycles. The fourth-order valence-electron chi connectivity index (χ4n) is 0.809. The molecule has 1 aliphatic rings. The minimum absolute atomic E-state index is 0.201. The maximum atomic E-state index is 9.46.